The zero-order valence-corrected chi connectivity index (χ0v) is 9.38. The number of nitrogens with two attached hydrogens (primary N) is 1. The number of rotatable bonds is 2. The summed E-state index contributed by atoms with van der Waals surface area (Å²) in [4.78, 5) is 11.4. The molecule has 3 nitrogen and oxygen atoms in total. The summed E-state index contributed by atoms with van der Waals surface area (Å²) in [7, 11) is 1.46. The number of ether oxygens (including phenoxy) is 1. The Morgan fingerprint density at radius 1 is 1.43 bits per heavy atom. The topological polar surface area (TPSA) is 52.3 Å². The van der Waals surface area contributed by atoms with Crippen LogP contribution in [0.5, 0.6) is 0 Å². The van der Waals surface area contributed by atoms with Gasteiger partial charge in [0.1, 0.15) is 0 Å². The summed E-state index contributed by atoms with van der Waals surface area (Å²) >= 11 is 0. The normalized spacial score (nSPS) is 28.6. The van der Waals surface area contributed by atoms with E-state index in [9.17, 15) is 4.79 Å². The van der Waals surface area contributed by atoms with E-state index in [1.807, 2.05) is 13.8 Å². The second-order valence-electron chi connectivity index (χ2n) is 4.90. The van der Waals surface area contributed by atoms with E-state index >= 15 is 0 Å². The van der Waals surface area contributed by atoms with Gasteiger partial charge in [-0.3, -0.25) is 4.79 Å². The molecule has 0 amide bonds. The average molecular weight is 199 g/mol. The minimum atomic E-state index is -0.174. The average Bonchev–Trinajstić information content (AvgIpc) is 2.15. The fourth-order valence-electron chi connectivity index (χ4n) is 2.25. The highest BCUT2D eigenvalue weighted by Crippen LogP contribution is 2.35. The molecule has 0 aromatic carbocycles. The van der Waals surface area contributed by atoms with Gasteiger partial charge in [0.25, 0.3) is 0 Å². The third-order valence-corrected chi connectivity index (χ3v) is 3.26. The van der Waals surface area contributed by atoms with Crippen molar-refractivity contribution in [1.82, 2.24) is 0 Å². The Labute approximate surface area is 86.0 Å². The first-order valence-corrected chi connectivity index (χ1v) is 5.32. The summed E-state index contributed by atoms with van der Waals surface area (Å²) in [6, 6.07) is 0. The van der Waals surface area contributed by atoms with Gasteiger partial charge in [-0.05, 0) is 39.0 Å². The SMILES string of the molecule is COC(=O)[C@@H]1CCC[C@H](C(C)(C)N)C1. The molecule has 0 spiro atoms. The van der Waals surface area contributed by atoms with Gasteiger partial charge in [-0.2, -0.15) is 0 Å². The van der Waals surface area contributed by atoms with Crippen LogP contribution in [0, 0.1) is 11.8 Å². The zero-order valence-electron chi connectivity index (χ0n) is 9.38. The molecule has 0 saturated heterocycles. The highest BCUT2D eigenvalue weighted by atomic mass is 16.5. The van der Waals surface area contributed by atoms with Gasteiger partial charge in [-0.1, -0.05) is 6.42 Å². The van der Waals surface area contributed by atoms with Crippen LogP contribution in [0.4, 0.5) is 0 Å². The molecule has 1 aliphatic carbocycles. The predicted octanol–water partition coefficient (Wildman–Crippen LogP) is 1.70. The minimum absolute atomic E-state index is 0.0704. The fraction of sp³-hybridized carbons (Fsp3) is 0.909. The Hall–Kier alpha value is -0.570. The number of hydrogen-bond acceptors (Lipinski definition) is 3. The van der Waals surface area contributed by atoms with Crippen molar-refractivity contribution in [3.63, 3.8) is 0 Å². The summed E-state index contributed by atoms with van der Waals surface area (Å²) < 4.78 is 4.77. The molecule has 1 rings (SSSR count). The van der Waals surface area contributed by atoms with Crippen LogP contribution in [-0.4, -0.2) is 18.6 Å². The van der Waals surface area contributed by atoms with Crippen molar-refractivity contribution < 1.29 is 9.53 Å². The van der Waals surface area contributed by atoms with E-state index in [-0.39, 0.29) is 17.4 Å². The van der Waals surface area contributed by atoms with E-state index in [2.05, 4.69) is 0 Å². The molecule has 2 atom stereocenters. The van der Waals surface area contributed by atoms with Crippen molar-refractivity contribution in [1.29, 1.82) is 0 Å². The number of methoxy groups -OCH3 is 1. The van der Waals surface area contributed by atoms with Gasteiger partial charge in [-0.25, -0.2) is 0 Å². The lowest BCUT2D eigenvalue weighted by Crippen LogP contribution is -2.44. The number of hydrogen-bond donors (Lipinski definition) is 1. The van der Waals surface area contributed by atoms with E-state index in [0.29, 0.717) is 5.92 Å². The summed E-state index contributed by atoms with van der Waals surface area (Å²) in [5.41, 5.74) is 5.89. The first-order chi connectivity index (χ1) is 6.45. The van der Waals surface area contributed by atoms with Crippen molar-refractivity contribution >= 4 is 5.97 Å². The van der Waals surface area contributed by atoms with Crippen molar-refractivity contribution in [2.24, 2.45) is 17.6 Å². The second kappa shape index (κ2) is 4.30. The highest BCUT2D eigenvalue weighted by molar-refractivity contribution is 5.72. The molecule has 0 bridgehead atoms. The summed E-state index contributed by atoms with van der Waals surface area (Å²) in [5, 5.41) is 0. The molecule has 14 heavy (non-hydrogen) atoms. The maximum Gasteiger partial charge on any atom is 0.308 e. The molecule has 3 heteroatoms. The van der Waals surface area contributed by atoms with Gasteiger partial charge in [0.05, 0.1) is 13.0 Å². The lowest BCUT2D eigenvalue weighted by atomic mass is 9.73. The molecule has 1 aliphatic rings. The lowest BCUT2D eigenvalue weighted by molar-refractivity contribution is -0.147. The van der Waals surface area contributed by atoms with E-state index in [4.69, 9.17) is 10.5 Å². The van der Waals surface area contributed by atoms with E-state index in [1.54, 1.807) is 0 Å². The third kappa shape index (κ3) is 2.71. The molecule has 0 heterocycles. The fourth-order valence-corrected chi connectivity index (χ4v) is 2.25. The van der Waals surface area contributed by atoms with E-state index < -0.39 is 0 Å². The number of esters is 1. The van der Waals surface area contributed by atoms with Crippen molar-refractivity contribution in [2.75, 3.05) is 7.11 Å². The second-order valence-corrected chi connectivity index (χ2v) is 4.90. The molecule has 0 aromatic heterocycles. The molecular formula is C11H21NO2. The van der Waals surface area contributed by atoms with Gasteiger partial charge in [0.2, 0.25) is 0 Å². The van der Waals surface area contributed by atoms with Gasteiger partial charge >= 0.3 is 5.97 Å². The highest BCUT2D eigenvalue weighted by Gasteiger charge is 2.34. The maximum atomic E-state index is 11.4. The Bertz CT molecular complexity index is 208. The molecule has 0 radical (unpaired) electrons. The smallest absolute Gasteiger partial charge is 0.308 e. The van der Waals surface area contributed by atoms with E-state index in [1.165, 1.54) is 7.11 Å². The van der Waals surface area contributed by atoms with Gasteiger partial charge in [-0.15, -0.1) is 0 Å². The lowest BCUT2D eigenvalue weighted by Gasteiger charge is -2.36. The molecule has 0 aliphatic heterocycles. The Kier molecular flexibility index (Phi) is 3.53. The van der Waals surface area contributed by atoms with Crippen LogP contribution < -0.4 is 5.73 Å². The van der Waals surface area contributed by atoms with Crippen LogP contribution in [0.25, 0.3) is 0 Å². The van der Waals surface area contributed by atoms with Gasteiger partial charge in [0.15, 0.2) is 0 Å². The number of carbonyl (C=O) groups is 1. The van der Waals surface area contributed by atoms with Crippen molar-refractivity contribution in [3.05, 3.63) is 0 Å². The summed E-state index contributed by atoms with van der Waals surface area (Å²) in [6.07, 6.45) is 4.07. The largest absolute Gasteiger partial charge is 0.469 e. The van der Waals surface area contributed by atoms with Crippen LogP contribution in [0.15, 0.2) is 0 Å². The Balaban J connectivity index is 2.56. The molecule has 1 fully saturated rings. The van der Waals surface area contributed by atoms with Crippen LogP contribution >= 0.6 is 0 Å². The Morgan fingerprint density at radius 3 is 2.57 bits per heavy atom. The van der Waals surface area contributed by atoms with Crippen LogP contribution in [0.3, 0.4) is 0 Å². The zero-order chi connectivity index (χ0) is 10.8. The van der Waals surface area contributed by atoms with Crippen LogP contribution in [0.1, 0.15) is 39.5 Å². The molecule has 0 aromatic rings. The Morgan fingerprint density at radius 2 is 2.07 bits per heavy atom. The standard InChI is InChI=1S/C11H21NO2/c1-11(2,12)9-6-4-5-8(7-9)10(13)14-3/h8-9H,4-7,12H2,1-3H3/t8-,9+/m1/s1. The first kappa shape index (κ1) is 11.5. The monoisotopic (exact) mass is 199 g/mol. The van der Waals surface area contributed by atoms with Gasteiger partial charge < -0.3 is 10.5 Å². The third-order valence-electron chi connectivity index (χ3n) is 3.26. The van der Waals surface area contributed by atoms with E-state index in [0.717, 1.165) is 25.7 Å². The van der Waals surface area contributed by atoms with Crippen molar-refractivity contribution in [3.8, 4) is 0 Å². The predicted molar refractivity (Wildman–Crippen MR) is 55.7 cm³/mol. The summed E-state index contributed by atoms with van der Waals surface area (Å²) in [6.45, 7) is 4.08. The molecular weight excluding hydrogens is 178 g/mol. The van der Waals surface area contributed by atoms with Crippen LogP contribution in [-0.2, 0) is 9.53 Å². The van der Waals surface area contributed by atoms with Gasteiger partial charge in [0, 0.05) is 5.54 Å². The quantitative estimate of drug-likeness (QED) is 0.689. The molecule has 2 N–H and O–H groups in total. The minimum Gasteiger partial charge on any atom is -0.469 e. The van der Waals surface area contributed by atoms with Crippen LogP contribution in [0.2, 0.25) is 0 Å². The molecule has 82 valence electrons. The number of carbonyl (C=O) groups excluding carboxylic acids is 1. The van der Waals surface area contributed by atoms with Crippen molar-refractivity contribution in [2.45, 2.75) is 45.1 Å². The summed E-state index contributed by atoms with van der Waals surface area (Å²) in [5.74, 6) is 0.445. The molecule has 1 saturated carbocycles. The first-order valence-electron chi connectivity index (χ1n) is 5.32. The maximum absolute atomic E-state index is 11.4. The molecule has 0 unspecified atom stereocenters.